The molecule has 0 unspecified atom stereocenters. The second-order valence-corrected chi connectivity index (χ2v) is 3.42. The summed E-state index contributed by atoms with van der Waals surface area (Å²) in [5, 5.41) is 2.43. The fourth-order valence-corrected chi connectivity index (χ4v) is 1.40. The van der Waals surface area contributed by atoms with Crippen molar-refractivity contribution in [3.63, 3.8) is 0 Å². The molecule has 17 heavy (non-hydrogen) atoms. The highest BCUT2D eigenvalue weighted by Gasteiger charge is 2.11. The number of hydrogen-bond acceptors (Lipinski definition) is 2. The van der Waals surface area contributed by atoms with Crippen LogP contribution in [-0.2, 0) is 0 Å². The van der Waals surface area contributed by atoms with Crippen molar-refractivity contribution in [2.24, 2.45) is 0 Å². The molecule has 2 rings (SSSR count). The van der Waals surface area contributed by atoms with E-state index in [-0.39, 0.29) is 17.1 Å². The smallest absolute Gasteiger partial charge is 0.149 e. The van der Waals surface area contributed by atoms with Crippen molar-refractivity contribution in [1.82, 2.24) is 0 Å². The van der Waals surface area contributed by atoms with Crippen LogP contribution in [0.5, 0.6) is 0 Å². The number of hydrogen-bond donors (Lipinski definition) is 2. The highest BCUT2D eigenvalue weighted by Crippen LogP contribution is 2.28. The van der Waals surface area contributed by atoms with Crippen LogP contribution >= 0.6 is 0 Å². The molecule has 0 spiro atoms. The van der Waals surface area contributed by atoms with Gasteiger partial charge in [0.05, 0.1) is 11.4 Å². The standard InChI is InChI=1S/C12H9F3N2/c13-7-3-2-6-10(11(7)16)17-12-8(14)4-1-5-9(12)15/h1-6,17H,16H2. The van der Waals surface area contributed by atoms with Gasteiger partial charge in [-0.1, -0.05) is 12.1 Å². The maximum Gasteiger partial charge on any atom is 0.149 e. The van der Waals surface area contributed by atoms with Crippen LogP contribution in [0.4, 0.5) is 30.2 Å². The van der Waals surface area contributed by atoms with E-state index in [2.05, 4.69) is 5.32 Å². The summed E-state index contributed by atoms with van der Waals surface area (Å²) in [6, 6.07) is 7.43. The molecule has 0 bridgehead atoms. The second kappa shape index (κ2) is 4.37. The minimum atomic E-state index is -0.770. The quantitative estimate of drug-likeness (QED) is 0.786. The molecule has 0 heterocycles. The topological polar surface area (TPSA) is 38.0 Å². The molecule has 88 valence electrons. The largest absolute Gasteiger partial charge is 0.395 e. The van der Waals surface area contributed by atoms with Gasteiger partial charge in [-0.2, -0.15) is 0 Å². The van der Waals surface area contributed by atoms with Crippen LogP contribution in [0.3, 0.4) is 0 Å². The van der Waals surface area contributed by atoms with Crippen molar-refractivity contribution in [2.75, 3.05) is 11.1 Å². The van der Waals surface area contributed by atoms with E-state index < -0.39 is 17.5 Å². The van der Waals surface area contributed by atoms with Crippen LogP contribution < -0.4 is 11.1 Å². The molecule has 0 radical (unpaired) electrons. The molecular weight excluding hydrogens is 229 g/mol. The van der Waals surface area contributed by atoms with E-state index in [0.29, 0.717) is 0 Å². The average Bonchev–Trinajstić information content (AvgIpc) is 2.29. The number of nitrogen functional groups attached to an aromatic ring is 1. The molecule has 0 atom stereocenters. The number of nitrogens with one attached hydrogen (secondary N) is 1. The zero-order valence-corrected chi connectivity index (χ0v) is 8.68. The molecule has 0 aromatic heterocycles. The Morgan fingerprint density at radius 2 is 1.35 bits per heavy atom. The minimum Gasteiger partial charge on any atom is -0.395 e. The first kappa shape index (κ1) is 11.3. The van der Waals surface area contributed by atoms with E-state index in [1.165, 1.54) is 18.2 Å². The van der Waals surface area contributed by atoms with Crippen LogP contribution in [0.25, 0.3) is 0 Å². The van der Waals surface area contributed by atoms with Gasteiger partial charge in [0.2, 0.25) is 0 Å². The lowest BCUT2D eigenvalue weighted by Gasteiger charge is -2.11. The Morgan fingerprint density at radius 3 is 2.00 bits per heavy atom. The van der Waals surface area contributed by atoms with Crippen LogP contribution in [-0.4, -0.2) is 0 Å². The Bertz CT molecular complexity index is 535. The van der Waals surface area contributed by atoms with E-state index in [1.54, 1.807) is 0 Å². The second-order valence-electron chi connectivity index (χ2n) is 3.42. The van der Waals surface area contributed by atoms with E-state index in [0.717, 1.165) is 18.2 Å². The third kappa shape index (κ3) is 2.18. The van der Waals surface area contributed by atoms with Gasteiger partial charge in [0.15, 0.2) is 0 Å². The lowest BCUT2D eigenvalue weighted by molar-refractivity contribution is 0.590. The summed E-state index contributed by atoms with van der Waals surface area (Å²) in [6.45, 7) is 0. The maximum atomic E-state index is 13.3. The van der Waals surface area contributed by atoms with Gasteiger partial charge in [0.1, 0.15) is 23.1 Å². The predicted molar refractivity (Wildman–Crippen MR) is 60.5 cm³/mol. The monoisotopic (exact) mass is 238 g/mol. The normalized spacial score (nSPS) is 10.3. The van der Waals surface area contributed by atoms with E-state index in [4.69, 9.17) is 5.73 Å². The Labute approximate surface area is 95.9 Å². The fraction of sp³-hybridized carbons (Fsp3) is 0. The molecule has 2 nitrogen and oxygen atoms in total. The molecular formula is C12H9F3N2. The number of para-hydroxylation sites is 2. The summed E-state index contributed by atoms with van der Waals surface area (Å²) in [5.74, 6) is -2.19. The van der Waals surface area contributed by atoms with Gasteiger partial charge >= 0.3 is 0 Å². The molecule has 5 heteroatoms. The third-order valence-electron chi connectivity index (χ3n) is 2.28. The lowest BCUT2D eigenvalue weighted by atomic mass is 10.2. The molecule has 0 fully saturated rings. The molecule has 0 aliphatic carbocycles. The SMILES string of the molecule is Nc1c(F)cccc1Nc1c(F)cccc1F. The summed E-state index contributed by atoms with van der Waals surface area (Å²) in [4.78, 5) is 0. The van der Waals surface area contributed by atoms with Crippen molar-refractivity contribution in [2.45, 2.75) is 0 Å². The van der Waals surface area contributed by atoms with Gasteiger partial charge in [-0.3, -0.25) is 0 Å². The van der Waals surface area contributed by atoms with Crippen LogP contribution in [0, 0.1) is 17.5 Å². The predicted octanol–water partition coefficient (Wildman–Crippen LogP) is 3.43. The van der Waals surface area contributed by atoms with Crippen molar-refractivity contribution < 1.29 is 13.2 Å². The average molecular weight is 238 g/mol. The first-order valence-corrected chi connectivity index (χ1v) is 4.84. The number of anilines is 3. The summed E-state index contributed by atoms with van der Waals surface area (Å²) in [6.07, 6.45) is 0. The number of benzene rings is 2. The highest BCUT2D eigenvalue weighted by molar-refractivity contribution is 5.73. The molecule has 3 N–H and O–H groups in total. The summed E-state index contributed by atoms with van der Waals surface area (Å²) in [7, 11) is 0. The molecule has 0 saturated carbocycles. The molecule has 0 saturated heterocycles. The Balaban J connectivity index is 2.42. The van der Waals surface area contributed by atoms with Crippen molar-refractivity contribution >= 4 is 17.1 Å². The minimum absolute atomic E-state index is 0.119. The molecule has 0 amide bonds. The van der Waals surface area contributed by atoms with Gasteiger partial charge < -0.3 is 11.1 Å². The zero-order chi connectivity index (χ0) is 12.4. The molecule has 0 aliphatic rings. The van der Waals surface area contributed by atoms with Gasteiger partial charge in [-0.25, -0.2) is 13.2 Å². The Morgan fingerprint density at radius 1 is 0.824 bits per heavy atom. The van der Waals surface area contributed by atoms with Crippen LogP contribution in [0.1, 0.15) is 0 Å². The molecule has 0 aliphatic heterocycles. The first-order valence-electron chi connectivity index (χ1n) is 4.84. The first-order chi connectivity index (χ1) is 8.09. The van der Waals surface area contributed by atoms with Crippen LogP contribution in [0.2, 0.25) is 0 Å². The maximum absolute atomic E-state index is 13.3. The van der Waals surface area contributed by atoms with Crippen molar-refractivity contribution in [1.29, 1.82) is 0 Å². The van der Waals surface area contributed by atoms with Gasteiger partial charge in [-0.15, -0.1) is 0 Å². The number of rotatable bonds is 2. The lowest BCUT2D eigenvalue weighted by Crippen LogP contribution is -2.02. The summed E-state index contributed by atoms with van der Waals surface area (Å²) < 4.78 is 39.8. The number of halogens is 3. The molecule has 2 aromatic carbocycles. The van der Waals surface area contributed by atoms with Crippen LogP contribution in [0.15, 0.2) is 36.4 Å². The highest BCUT2D eigenvalue weighted by atomic mass is 19.1. The Kier molecular flexibility index (Phi) is 2.91. The van der Waals surface area contributed by atoms with E-state index in [9.17, 15) is 13.2 Å². The number of nitrogens with two attached hydrogens (primary N) is 1. The van der Waals surface area contributed by atoms with E-state index in [1.807, 2.05) is 0 Å². The van der Waals surface area contributed by atoms with E-state index >= 15 is 0 Å². The van der Waals surface area contributed by atoms with Crippen molar-refractivity contribution in [3.8, 4) is 0 Å². The summed E-state index contributed by atoms with van der Waals surface area (Å²) >= 11 is 0. The summed E-state index contributed by atoms with van der Waals surface area (Å²) in [5.41, 5.74) is 5.03. The fourth-order valence-electron chi connectivity index (χ4n) is 1.40. The van der Waals surface area contributed by atoms with Crippen molar-refractivity contribution in [3.05, 3.63) is 53.8 Å². The molecule has 2 aromatic rings. The Hall–Kier alpha value is -2.17. The van der Waals surface area contributed by atoms with Gasteiger partial charge in [-0.05, 0) is 24.3 Å². The zero-order valence-electron chi connectivity index (χ0n) is 8.68. The van der Waals surface area contributed by atoms with Gasteiger partial charge in [0.25, 0.3) is 0 Å². The van der Waals surface area contributed by atoms with Gasteiger partial charge in [0, 0.05) is 0 Å². The third-order valence-corrected chi connectivity index (χ3v) is 2.28.